The zero-order valence-electron chi connectivity index (χ0n) is 21.5. The Hall–Kier alpha value is -2.59. The van der Waals surface area contributed by atoms with Gasteiger partial charge in [-0.3, -0.25) is 4.79 Å². The number of imidazole rings is 1. The summed E-state index contributed by atoms with van der Waals surface area (Å²) < 4.78 is 17.2. The monoisotopic (exact) mass is 482 g/mol. The quantitative estimate of drug-likeness (QED) is 0.635. The minimum atomic E-state index is -0.649. The van der Waals surface area contributed by atoms with Gasteiger partial charge in [-0.25, -0.2) is 9.78 Å². The van der Waals surface area contributed by atoms with Crippen molar-refractivity contribution in [1.29, 1.82) is 0 Å². The third-order valence-corrected chi connectivity index (χ3v) is 8.12. The van der Waals surface area contributed by atoms with E-state index in [1.54, 1.807) is 0 Å². The maximum Gasteiger partial charge on any atom is 0.494 e. The van der Waals surface area contributed by atoms with Crippen LogP contribution in [0.3, 0.4) is 0 Å². The molecule has 188 valence electrons. The van der Waals surface area contributed by atoms with Crippen LogP contribution in [0.15, 0.2) is 18.2 Å². The van der Waals surface area contributed by atoms with E-state index >= 15 is 0 Å². The normalized spacial score (nSPS) is 27.3. The summed E-state index contributed by atoms with van der Waals surface area (Å²) in [7, 11) is 0.851. The lowest BCUT2D eigenvalue weighted by atomic mass is 9.79. The number of aromatic amines is 1. The molecule has 2 aromatic rings. The number of nitrogens with zero attached hydrogens (tertiary/aromatic N) is 2. The molecule has 1 aromatic heterocycles. The summed E-state index contributed by atoms with van der Waals surface area (Å²) in [5.74, 6) is 1.09. The van der Waals surface area contributed by atoms with Gasteiger partial charge < -0.3 is 29.2 Å². The average Bonchev–Trinajstić information content (AvgIpc) is 3.15. The molecule has 3 heterocycles. The number of methoxy groups -OCH3 is 1. The highest BCUT2D eigenvalue weighted by Gasteiger charge is 2.56. The second-order valence-corrected chi connectivity index (χ2v) is 11.4. The lowest BCUT2D eigenvalue weighted by Crippen LogP contribution is -2.52. The van der Waals surface area contributed by atoms with E-state index in [0.717, 1.165) is 35.2 Å². The highest BCUT2D eigenvalue weighted by Crippen LogP contribution is 2.53. The number of ether oxygens (including phenoxy) is 1. The van der Waals surface area contributed by atoms with Gasteiger partial charge in [0.15, 0.2) is 0 Å². The molecule has 2 amide bonds. The lowest BCUT2D eigenvalue weighted by molar-refractivity contribution is -0.136. The second-order valence-electron chi connectivity index (χ2n) is 11.4. The van der Waals surface area contributed by atoms with Crippen molar-refractivity contribution in [2.75, 3.05) is 7.11 Å². The van der Waals surface area contributed by atoms with Crippen LogP contribution in [0.4, 0.5) is 4.79 Å². The van der Waals surface area contributed by atoms with Gasteiger partial charge in [0.1, 0.15) is 11.9 Å². The first-order valence-electron chi connectivity index (χ1n) is 12.4. The van der Waals surface area contributed by atoms with Crippen molar-refractivity contribution in [3.05, 3.63) is 24.0 Å². The number of aromatic nitrogens is 2. The summed E-state index contributed by atoms with van der Waals surface area (Å²) in [6.07, 6.45) is 1.26. The number of amides is 2. The molecule has 1 saturated carbocycles. The van der Waals surface area contributed by atoms with Crippen LogP contribution in [-0.2, 0) is 18.8 Å². The number of nitrogens with one attached hydrogen (secondary N) is 2. The summed E-state index contributed by atoms with van der Waals surface area (Å²) in [6, 6.07) is 5.36. The Kier molecular flexibility index (Phi) is 5.67. The summed E-state index contributed by atoms with van der Waals surface area (Å²) in [5, 5.41) is 2.72. The molecule has 0 bridgehead atoms. The molecule has 3 aliphatic rings. The van der Waals surface area contributed by atoms with Gasteiger partial charge in [0.2, 0.25) is 5.91 Å². The topological polar surface area (TPSA) is 106 Å². The minimum absolute atomic E-state index is 0.0711. The third-order valence-electron chi connectivity index (χ3n) is 8.12. The molecule has 2 N–H and O–H groups in total. The molecule has 3 fully saturated rings. The first kappa shape index (κ1) is 24.1. The van der Waals surface area contributed by atoms with Crippen molar-refractivity contribution in [1.82, 2.24) is 20.2 Å². The number of fused-ring (bicyclic) bond motifs is 2. The van der Waals surface area contributed by atoms with Crippen LogP contribution in [0, 0.1) is 11.8 Å². The maximum absolute atomic E-state index is 13.6. The van der Waals surface area contributed by atoms with Crippen molar-refractivity contribution in [3.8, 4) is 0 Å². The van der Waals surface area contributed by atoms with Crippen molar-refractivity contribution >= 4 is 35.6 Å². The van der Waals surface area contributed by atoms with Gasteiger partial charge in [-0.1, -0.05) is 19.9 Å². The van der Waals surface area contributed by atoms with Gasteiger partial charge in [-0.15, -0.1) is 0 Å². The van der Waals surface area contributed by atoms with Crippen molar-refractivity contribution in [3.63, 3.8) is 0 Å². The number of rotatable bonds is 5. The van der Waals surface area contributed by atoms with Crippen LogP contribution in [0.5, 0.6) is 0 Å². The van der Waals surface area contributed by atoms with Crippen LogP contribution < -0.4 is 10.8 Å². The zero-order valence-corrected chi connectivity index (χ0v) is 21.5. The lowest BCUT2D eigenvalue weighted by Gasteiger charge is -2.32. The van der Waals surface area contributed by atoms with E-state index in [9.17, 15) is 9.59 Å². The molecular weight excluding hydrogens is 447 g/mol. The van der Waals surface area contributed by atoms with Crippen molar-refractivity contribution < 1.29 is 23.6 Å². The van der Waals surface area contributed by atoms with E-state index in [2.05, 4.69) is 10.3 Å². The Balaban J connectivity index is 1.41. The number of likely N-dealkylation sites (tertiary alicyclic amines) is 1. The molecule has 1 aromatic carbocycles. The molecule has 10 heteroatoms. The molecule has 35 heavy (non-hydrogen) atoms. The number of alkyl carbamates (subject to hydrolysis) is 1. The number of benzene rings is 1. The third kappa shape index (κ3) is 4.10. The minimum Gasteiger partial charge on any atom is -0.453 e. The van der Waals surface area contributed by atoms with Crippen LogP contribution >= 0.6 is 0 Å². The standard InChI is InChI=1S/C25H35BN4O5/c1-13(2)20(29-23(32)33-7)22(31)30-18-10-14(18)11-19(30)21-27-16-9-8-15(12-17(16)28-21)26-34-24(3,4)25(5,6)35-26/h8-9,12-14,18-20H,10-11H2,1-7H3,(H,27,28)(H,29,32)/t14?,18?,19-,20-/m0/s1. The van der Waals surface area contributed by atoms with Crippen LogP contribution in [0.2, 0.25) is 0 Å². The van der Waals surface area contributed by atoms with Gasteiger partial charge in [0.25, 0.3) is 0 Å². The second kappa shape index (κ2) is 8.23. The molecule has 2 unspecified atom stereocenters. The summed E-state index contributed by atoms with van der Waals surface area (Å²) in [5.41, 5.74) is 1.82. The van der Waals surface area contributed by atoms with E-state index in [1.807, 2.05) is 64.6 Å². The zero-order chi connectivity index (χ0) is 25.3. The van der Waals surface area contributed by atoms with Crippen LogP contribution in [-0.4, -0.2) is 64.4 Å². The maximum atomic E-state index is 13.6. The van der Waals surface area contributed by atoms with Gasteiger partial charge in [-0.2, -0.15) is 0 Å². The van der Waals surface area contributed by atoms with Crippen molar-refractivity contribution in [2.24, 2.45) is 11.8 Å². The van der Waals surface area contributed by atoms with Crippen molar-refractivity contribution in [2.45, 2.75) is 83.7 Å². The molecule has 5 rings (SSSR count). The number of hydrogen-bond acceptors (Lipinski definition) is 6. The largest absolute Gasteiger partial charge is 0.494 e. The molecule has 0 radical (unpaired) electrons. The summed E-state index contributed by atoms with van der Waals surface area (Å²) in [6.45, 7) is 12.0. The van der Waals surface area contributed by atoms with Gasteiger partial charge in [-0.05, 0) is 70.0 Å². The molecule has 1 aliphatic carbocycles. The molecule has 9 nitrogen and oxygen atoms in total. The number of piperidine rings is 1. The first-order valence-corrected chi connectivity index (χ1v) is 12.4. The van der Waals surface area contributed by atoms with Crippen LogP contribution in [0.1, 0.15) is 66.3 Å². The fourth-order valence-corrected chi connectivity index (χ4v) is 5.21. The predicted molar refractivity (Wildman–Crippen MR) is 132 cm³/mol. The predicted octanol–water partition coefficient (Wildman–Crippen LogP) is 2.90. The Labute approximate surface area is 206 Å². The van der Waals surface area contributed by atoms with E-state index in [1.165, 1.54) is 7.11 Å². The highest BCUT2D eigenvalue weighted by molar-refractivity contribution is 6.62. The Morgan fingerprint density at radius 3 is 2.51 bits per heavy atom. The molecule has 4 atom stereocenters. The fourth-order valence-electron chi connectivity index (χ4n) is 5.21. The molecule has 2 aliphatic heterocycles. The Morgan fingerprint density at radius 1 is 1.20 bits per heavy atom. The van der Waals surface area contributed by atoms with E-state index in [0.29, 0.717) is 5.92 Å². The summed E-state index contributed by atoms with van der Waals surface area (Å²) in [4.78, 5) is 35.7. The summed E-state index contributed by atoms with van der Waals surface area (Å²) >= 11 is 0. The fraction of sp³-hybridized carbons (Fsp3) is 0.640. The SMILES string of the molecule is COC(=O)N[C@H](C(=O)N1C2CC2C[C@H]1c1nc2ccc(B3OC(C)(C)C(C)(C)O3)cc2[nH]1)C(C)C. The first-order chi connectivity index (χ1) is 16.4. The van der Waals surface area contributed by atoms with E-state index in [-0.39, 0.29) is 23.9 Å². The van der Waals surface area contributed by atoms with E-state index in [4.69, 9.17) is 19.0 Å². The highest BCUT2D eigenvalue weighted by atomic mass is 16.7. The molecule has 0 spiro atoms. The number of H-pyrrole nitrogens is 1. The van der Waals surface area contributed by atoms with Gasteiger partial charge in [0.05, 0.1) is 35.4 Å². The Bertz CT molecular complexity index is 1150. The van der Waals surface area contributed by atoms with Crippen LogP contribution in [0.25, 0.3) is 11.0 Å². The number of carbonyl (C=O) groups is 2. The average molecular weight is 482 g/mol. The van der Waals surface area contributed by atoms with E-state index < -0.39 is 30.5 Å². The number of carbonyl (C=O) groups excluding carboxylic acids is 2. The van der Waals surface area contributed by atoms with Gasteiger partial charge >= 0.3 is 13.2 Å². The Morgan fingerprint density at radius 2 is 1.89 bits per heavy atom. The number of hydrogen-bond donors (Lipinski definition) is 2. The molecule has 2 saturated heterocycles. The van der Waals surface area contributed by atoms with Gasteiger partial charge in [0, 0.05) is 6.04 Å². The molecular formula is C25H35BN4O5. The smallest absolute Gasteiger partial charge is 0.453 e.